The van der Waals surface area contributed by atoms with Crippen LogP contribution < -0.4 is 10.1 Å². The first kappa shape index (κ1) is 23.7. The van der Waals surface area contributed by atoms with Gasteiger partial charge in [-0.05, 0) is 41.5 Å². The SMILES string of the molecule is COc1ccc(S(=O)(=O)N(CC(=O)NCc2ccc(F)cc2)Cc2ccccc2)cc1Cl. The highest BCUT2D eigenvalue weighted by Gasteiger charge is 2.27. The zero-order valence-corrected chi connectivity index (χ0v) is 18.9. The molecule has 32 heavy (non-hydrogen) atoms. The van der Waals surface area contributed by atoms with Crippen molar-refractivity contribution in [3.8, 4) is 5.75 Å². The minimum atomic E-state index is -4.05. The summed E-state index contributed by atoms with van der Waals surface area (Å²) in [6, 6.07) is 18.8. The van der Waals surface area contributed by atoms with Gasteiger partial charge in [0, 0.05) is 13.1 Å². The second-order valence-corrected chi connectivity index (χ2v) is 9.30. The first-order valence-corrected chi connectivity index (χ1v) is 11.5. The number of rotatable bonds is 9. The monoisotopic (exact) mass is 476 g/mol. The van der Waals surface area contributed by atoms with Gasteiger partial charge in [-0.3, -0.25) is 4.79 Å². The number of methoxy groups -OCH3 is 1. The Kier molecular flexibility index (Phi) is 7.84. The Bertz CT molecular complexity index is 1170. The molecular weight excluding hydrogens is 455 g/mol. The van der Waals surface area contributed by atoms with Crippen LogP contribution in [0.4, 0.5) is 4.39 Å². The van der Waals surface area contributed by atoms with Gasteiger partial charge in [-0.15, -0.1) is 0 Å². The lowest BCUT2D eigenvalue weighted by molar-refractivity contribution is -0.121. The van der Waals surface area contributed by atoms with Crippen molar-refractivity contribution in [3.63, 3.8) is 0 Å². The quantitative estimate of drug-likeness (QED) is 0.506. The zero-order chi connectivity index (χ0) is 23.1. The highest BCUT2D eigenvalue weighted by molar-refractivity contribution is 7.89. The highest BCUT2D eigenvalue weighted by atomic mass is 35.5. The smallest absolute Gasteiger partial charge is 0.243 e. The Morgan fingerprint density at radius 1 is 1.03 bits per heavy atom. The Morgan fingerprint density at radius 3 is 2.34 bits per heavy atom. The van der Waals surface area contributed by atoms with Gasteiger partial charge in [0.2, 0.25) is 15.9 Å². The Labute approximate surface area is 191 Å². The van der Waals surface area contributed by atoms with Crippen LogP contribution in [-0.2, 0) is 27.9 Å². The van der Waals surface area contributed by atoms with E-state index in [1.165, 1.54) is 37.4 Å². The molecule has 0 aliphatic carbocycles. The van der Waals surface area contributed by atoms with E-state index in [9.17, 15) is 17.6 Å². The Morgan fingerprint density at radius 2 is 1.72 bits per heavy atom. The summed E-state index contributed by atoms with van der Waals surface area (Å²) in [6.07, 6.45) is 0. The summed E-state index contributed by atoms with van der Waals surface area (Å²) >= 11 is 6.12. The van der Waals surface area contributed by atoms with Crippen LogP contribution in [0.25, 0.3) is 0 Å². The lowest BCUT2D eigenvalue weighted by Gasteiger charge is -2.22. The Balaban J connectivity index is 1.81. The molecule has 168 valence electrons. The fraction of sp³-hybridized carbons (Fsp3) is 0.174. The van der Waals surface area contributed by atoms with Gasteiger partial charge in [-0.2, -0.15) is 4.31 Å². The van der Waals surface area contributed by atoms with Crippen LogP contribution >= 0.6 is 11.6 Å². The molecule has 0 saturated carbocycles. The lowest BCUT2D eigenvalue weighted by Crippen LogP contribution is -2.40. The van der Waals surface area contributed by atoms with Gasteiger partial charge < -0.3 is 10.1 Å². The molecule has 3 aromatic rings. The van der Waals surface area contributed by atoms with Crippen LogP contribution in [0.2, 0.25) is 5.02 Å². The normalized spacial score (nSPS) is 11.4. The van der Waals surface area contributed by atoms with Gasteiger partial charge in [0.1, 0.15) is 11.6 Å². The molecular formula is C23H22ClFN2O4S. The number of hydrogen-bond donors (Lipinski definition) is 1. The van der Waals surface area contributed by atoms with Crippen LogP contribution in [0.5, 0.6) is 5.75 Å². The van der Waals surface area contributed by atoms with Gasteiger partial charge in [0.05, 0.1) is 23.6 Å². The maximum atomic E-state index is 13.3. The maximum absolute atomic E-state index is 13.3. The summed E-state index contributed by atoms with van der Waals surface area (Å²) < 4.78 is 45.9. The number of hydrogen-bond acceptors (Lipinski definition) is 4. The molecule has 1 amide bonds. The summed E-state index contributed by atoms with van der Waals surface area (Å²) in [5.41, 5.74) is 1.42. The van der Waals surface area contributed by atoms with Crippen LogP contribution in [0.15, 0.2) is 77.7 Å². The van der Waals surface area contributed by atoms with Crippen molar-refractivity contribution >= 4 is 27.5 Å². The van der Waals surface area contributed by atoms with E-state index in [0.29, 0.717) is 11.3 Å². The predicted molar refractivity (Wildman–Crippen MR) is 120 cm³/mol. The molecule has 6 nitrogen and oxygen atoms in total. The molecule has 0 atom stereocenters. The predicted octanol–water partition coefficient (Wildman–Crippen LogP) is 4.00. The minimum Gasteiger partial charge on any atom is -0.495 e. The standard InChI is InChI=1S/C23H22ClFN2O4S/c1-31-22-12-11-20(13-21(22)24)32(29,30)27(15-18-5-3-2-4-6-18)16-23(28)26-14-17-7-9-19(25)10-8-17/h2-13H,14-16H2,1H3,(H,26,28). The summed E-state index contributed by atoms with van der Waals surface area (Å²) in [6.45, 7) is -0.258. The van der Waals surface area contributed by atoms with Crippen molar-refractivity contribution in [1.82, 2.24) is 9.62 Å². The third-order valence-electron chi connectivity index (χ3n) is 4.69. The van der Waals surface area contributed by atoms with Crippen molar-refractivity contribution in [2.75, 3.05) is 13.7 Å². The van der Waals surface area contributed by atoms with E-state index in [2.05, 4.69) is 5.32 Å². The molecule has 0 bridgehead atoms. The summed E-state index contributed by atoms with van der Waals surface area (Å²) in [4.78, 5) is 12.5. The van der Waals surface area contributed by atoms with Gasteiger partial charge in [-0.1, -0.05) is 54.1 Å². The van der Waals surface area contributed by atoms with Crippen LogP contribution in [-0.4, -0.2) is 32.3 Å². The average Bonchev–Trinajstić information content (AvgIpc) is 2.79. The summed E-state index contributed by atoms with van der Waals surface area (Å²) in [5.74, 6) is -0.524. The summed E-state index contributed by atoms with van der Waals surface area (Å²) in [5, 5.41) is 2.82. The highest BCUT2D eigenvalue weighted by Crippen LogP contribution is 2.29. The molecule has 1 N–H and O–H groups in total. The van der Waals surface area contributed by atoms with E-state index in [0.717, 1.165) is 9.87 Å². The number of carbonyl (C=O) groups excluding carboxylic acids is 1. The molecule has 0 fully saturated rings. The number of nitrogens with one attached hydrogen (secondary N) is 1. The van der Waals surface area contributed by atoms with Crippen molar-refractivity contribution in [1.29, 1.82) is 0 Å². The van der Waals surface area contributed by atoms with Crippen LogP contribution in [0.1, 0.15) is 11.1 Å². The number of carbonyl (C=O) groups is 1. The molecule has 3 aromatic carbocycles. The molecule has 0 aliphatic rings. The van der Waals surface area contributed by atoms with E-state index in [1.54, 1.807) is 36.4 Å². The number of halogens is 2. The second kappa shape index (κ2) is 10.6. The van der Waals surface area contributed by atoms with Gasteiger partial charge in [-0.25, -0.2) is 12.8 Å². The molecule has 3 rings (SSSR count). The molecule has 0 aromatic heterocycles. The fourth-order valence-electron chi connectivity index (χ4n) is 2.99. The number of sulfonamides is 1. The summed E-state index contributed by atoms with van der Waals surface area (Å²) in [7, 11) is -2.61. The lowest BCUT2D eigenvalue weighted by atomic mass is 10.2. The first-order chi connectivity index (χ1) is 15.3. The molecule has 0 unspecified atom stereocenters. The third-order valence-corrected chi connectivity index (χ3v) is 6.77. The molecule has 0 spiro atoms. The average molecular weight is 477 g/mol. The maximum Gasteiger partial charge on any atom is 0.243 e. The third kappa shape index (κ3) is 6.06. The van der Waals surface area contributed by atoms with Gasteiger partial charge >= 0.3 is 0 Å². The van der Waals surface area contributed by atoms with E-state index in [1.807, 2.05) is 6.07 Å². The number of amides is 1. The topological polar surface area (TPSA) is 75.7 Å². The molecule has 0 heterocycles. The van der Waals surface area contributed by atoms with Crippen molar-refractivity contribution in [3.05, 3.63) is 94.8 Å². The van der Waals surface area contributed by atoms with Crippen LogP contribution in [0.3, 0.4) is 0 Å². The Hall–Kier alpha value is -2.94. The fourth-order valence-corrected chi connectivity index (χ4v) is 4.72. The van der Waals surface area contributed by atoms with E-state index >= 15 is 0 Å². The van der Waals surface area contributed by atoms with Gasteiger partial charge in [0.25, 0.3) is 0 Å². The molecule has 0 radical (unpaired) electrons. The number of nitrogens with zero attached hydrogens (tertiary/aromatic N) is 1. The van der Waals surface area contributed by atoms with Crippen molar-refractivity contribution in [2.45, 2.75) is 18.0 Å². The van der Waals surface area contributed by atoms with Crippen LogP contribution in [0, 0.1) is 5.82 Å². The van der Waals surface area contributed by atoms with E-state index < -0.39 is 22.5 Å². The zero-order valence-electron chi connectivity index (χ0n) is 17.3. The molecule has 9 heteroatoms. The second-order valence-electron chi connectivity index (χ2n) is 6.96. The minimum absolute atomic E-state index is 0.00318. The van der Waals surface area contributed by atoms with Crippen molar-refractivity contribution < 1.29 is 22.3 Å². The van der Waals surface area contributed by atoms with E-state index in [-0.39, 0.29) is 28.8 Å². The molecule has 0 saturated heterocycles. The largest absolute Gasteiger partial charge is 0.495 e. The molecule has 0 aliphatic heterocycles. The van der Waals surface area contributed by atoms with Gasteiger partial charge in [0.15, 0.2) is 0 Å². The number of ether oxygens (including phenoxy) is 1. The number of benzene rings is 3. The van der Waals surface area contributed by atoms with Crippen molar-refractivity contribution in [2.24, 2.45) is 0 Å². The van der Waals surface area contributed by atoms with E-state index in [4.69, 9.17) is 16.3 Å². The first-order valence-electron chi connectivity index (χ1n) is 9.68.